The average molecular weight is 242 g/mol. The molecule has 3 nitrogen and oxygen atoms in total. The summed E-state index contributed by atoms with van der Waals surface area (Å²) in [6.45, 7) is 4.53. The zero-order valence-corrected chi connectivity index (χ0v) is 10.3. The fraction of sp³-hybridized carbons (Fsp3) is 0.417. The van der Waals surface area contributed by atoms with Crippen molar-refractivity contribution < 1.29 is 9.53 Å². The van der Waals surface area contributed by atoms with Crippen LogP contribution >= 0.6 is 11.6 Å². The fourth-order valence-electron chi connectivity index (χ4n) is 1.06. The number of hydrogen-bond acceptors (Lipinski definition) is 2. The molecule has 0 unspecified atom stereocenters. The van der Waals surface area contributed by atoms with E-state index in [2.05, 4.69) is 12.2 Å². The summed E-state index contributed by atoms with van der Waals surface area (Å²) in [6, 6.07) is 6.95. The average Bonchev–Trinajstić information content (AvgIpc) is 2.26. The highest BCUT2D eigenvalue weighted by Crippen LogP contribution is 2.15. The largest absolute Gasteiger partial charge is 0.449 e. The van der Waals surface area contributed by atoms with Crippen LogP contribution in [0.4, 0.5) is 10.5 Å². The molecule has 0 aromatic heterocycles. The molecule has 0 bridgehead atoms. The Morgan fingerprint density at radius 3 is 2.94 bits per heavy atom. The van der Waals surface area contributed by atoms with Crippen LogP contribution in [-0.2, 0) is 4.74 Å². The second kappa shape index (κ2) is 6.38. The number of hydrogen-bond donors (Lipinski definition) is 1. The van der Waals surface area contributed by atoms with E-state index in [4.69, 9.17) is 16.3 Å². The van der Waals surface area contributed by atoms with Gasteiger partial charge in [0.2, 0.25) is 0 Å². The van der Waals surface area contributed by atoms with Crippen LogP contribution in [0.2, 0.25) is 5.02 Å². The number of ether oxygens (including phenoxy) is 1. The molecule has 0 aliphatic heterocycles. The lowest BCUT2D eigenvalue weighted by molar-refractivity contribution is 0.143. The predicted molar refractivity (Wildman–Crippen MR) is 65.9 cm³/mol. The zero-order chi connectivity index (χ0) is 12.0. The number of halogens is 1. The van der Waals surface area contributed by atoms with E-state index in [0.717, 1.165) is 6.42 Å². The lowest BCUT2D eigenvalue weighted by Gasteiger charge is -2.10. The number of amides is 1. The van der Waals surface area contributed by atoms with E-state index in [1.165, 1.54) is 0 Å². The molecule has 0 aliphatic rings. The Labute approximate surface area is 101 Å². The summed E-state index contributed by atoms with van der Waals surface area (Å²) in [5.41, 5.74) is 0.640. The number of rotatable bonds is 4. The summed E-state index contributed by atoms with van der Waals surface area (Å²) in [4.78, 5) is 11.4. The first kappa shape index (κ1) is 12.8. The highest BCUT2D eigenvalue weighted by atomic mass is 35.5. The summed E-state index contributed by atoms with van der Waals surface area (Å²) < 4.78 is 5.05. The molecule has 1 atom stereocenters. The van der Waals surface area contributed by atoms with Gasteiger partial charge >= 0.3 is 6.09 Å². The molecule has 88 valence electrons. The van der Waals surface area contributed by atoms with Crippen molar-refractivity contribution in [2.24, 2.45) is 5.92 Å². The Morgan fingerprint density at radius 2 is 2.31 bits per heavy atom. The first-order valence-corrected chi connectivity index (χ1v) is 5.69. The van der Waals surface area contributed by atoms with Crippen molar-refractivity contribution in [1.82, 2.24) is 0 Å². The highest BCUT2D eigenvalue weighted by molar-refractivity contribution is 6.30. The summed E-state index contributed by atoms with van der Waals surface area (Å²) in [5, 5.41) is 3.20. The highest BCUT2D eigenvalue weighted by Gasteiger charge is 2.06. The van der Waals surface area contributed by atoms with Crippen molar-refractivity contribution in [2.45, 2.75) is 20.3 Å². The standard InChI is InChI=1S/C12H16ClNO2/c1-3-9(2)8-16-12(15)14-11-6-4-5-10(13)7-11/h4-7,9H,3,8H2,1-2H3,(H,14,15)/t9-/m1/s1. The Bertz CT molecular complexity index is 355. The fourth-order valence-corrected chi connectivity index (χ4v) is 1.25. The SMILES string of the molecule is CC[C@@H](C)COC(=O)Nc1cccc(Cl)c1. The molecular formula is C12H16ClNO2. The smallest absolute Gasteiger partial charge is 0.411 e. The van der Waals surface area contributed by atoms with Crippen LogP contribution in [-0.4, -0.2) is 12.7 Å². The number of benzene rings is 1. The Morgan fingerprint density at radius 1 is 1.56 bits per heavy atom. The summed E-state index contributed by atoms with van der Waals surface area (Å²) in [5.74, 6) is 0.380. The van der Waals surface area contributed by atoms with E-state index >= 15 is 0 Å². The summed E-state index contributed by atoms with van der Waals surface area (Å²) in [6.07, 6.45) is 0.548. The monoisotopic (exact) mass is 241 g/mol. The first-order chi connectivity index (χ1) is 7.61. The molecule has 0 saturated heterocycles. The molecule has 0 aliphatic carbocycles. The molecule has 16 heavy (non-hydrogen) atoms. The third kappa shape index (κ3) is 4.53. The van der Waals surface area contributed by atoms with E-state index in [9.17, 15) is 4.79 Å². The van der Waals surface area contributed by atoms with Gasteiger partial charge in [-0.25, -0.2) is 4.79 Å². The van der Waals surface area contributed by atoms with Gasteiger partial charge in [-0.15, -0.1) is 0 Å². The predicted octanol–water partition coefficient (Wildman–Crippen LogP) is 3.93. The molecule has 1 aromatic rings. The number of anilines is 1. The lowest BCUT2D eigenvalue weighted by Crippen LogP contribution is -2.17. The second-order valence-corrected chi connectivity index (χ2v) is 4.18. The van der Waals surface area contributed by atoms with E-state index in [1.807, 2.05) is 6.92 Å². The van der Waals surface area contributed by atoms with Gasteiger partial charge in [0, 0.05) is 10.7 Å². The van der Waals surface area contributed by atoms with Gasteiger partial charge in [0.05, 0.1) is 6.61 Å². The maximum absolute atomic E-state index is 11.4. The topological polar surface area (TPSA) is 38.3 Å². The van der Waals surface area contributed by atoms with Crippen molar-refractivity contribution >= 4 is 23.4 Å². The van der Waals surface area contributed by atoms with E-state index in [0.29, 0.717) is 23.2 Å². The van der Waals surface area contributed by atoms with Crippen molar-refractivity contribution in [3.63, 3.8) is 0 Å². The molecule has 0 heterocycles. The molecule has 0 spiro atoms. The van der Waals surface area contributed by atoms with Crippen LogP contribution < -0.4 is 5.32 Å². The quantitative estimate of drug-likeness (QED) is 0.867. The van der Waals surface area contributed by atoms with Crippen LogP contribution in [0, 0.1) is 5.92 Å². The maximum Gasteiger partial charge on any atom is 0.411 e. The Kier molecular flexibility index (Phi) is 5.12. The van der Waals surface area contributed by atoms with Gasteiger partial charge in [-0.1, -0.05) is 37.9 Å². The van der Waals surface area contributed by atoms with Gasteiger partial charge in [0.15, 0.2) is 0 Å². The molecule has 1 N–H and O–H groups in total. The van der Waals surface area contributed by atoms with Crippen molar-refractivity contribution in [2.75, 3.05) is 11.9 Å². The molecule has 0 saturated carbocycles. The molecule has 1 rings (SSSR count). The van der Waals surface area contributed by atoms with Crippen LogP contribution in [0.5, 0.6) is 0 Å². The van der Waals surface area contributed by atoms with Gasteiger partial charge < -0.3 is 4.74 Å². The minimum absolute atomic E-state index is 0.380. The van der Waals surface area contributed by atoms with Gasteiger partial charge in [-0.2, -0.15) is 0 Å². The molecule has 4 heteroatoms. The third-order valence-electron chi connectivity index (χ3n) is 2.27. The van der Waals surface area contributed by atoms with Crippen LogP contribution in [0.15, 0.2) is 24.3 Å². The van der Waals surface area contributed by atoms with E-state index in [1.54, 1.807) is 24.3 Å². The molecule has 0 fully saturated rings. The Hall–Kier alpha value is -1.22. The molecule has 1 amide bonds. The minimum atomic E-state index is -0.442. The normalized spacial score (nSPS) is 11.9. The third-order valence-corrected chi connectivity index (χ3v) is 2.50. The molecular weight excluding hydrogens is 226 g/mol. The van der Waals surface area contributed by atoms with Crippen molar-refractivity contribution in [1.29, 1.82) is 0 Å². The lowest BCUT2D eigenvalue weighted by atomic mass is 10.1. The minimum Gasteiger partial charge on any atom is -0.449 e. The summed E-state index contributed by atoms with van der Waals surface area (Å²) >= 11 is 5.79. The van der Waals surface area contributed by atoms with E-state index < -0.39 is 6.09 Å². The van der Waals surface area contributed by atoms with Crippen molar-refractivity contribution in [3.05, 3.63) is 29.3 Å². The van der Waals surface area contributed by atoms with Gasteiger partial charge in [0.1, 0.15) is 0 Å². The number of nitrogens with one attached hydrogen (secondary N) is 1. The molecule has 1 aromatic carbocycles. The van der Waals surface area contributed by atoms with Gasteiger partial charge in [-0.3, -0.25) is 5.32 Å². The molecule has 0 radical (unpaired) electrons. The first-order valence-electron chi connectivity index (χ1n) is 5.31. The zero-order valence-electron chi connectivity index (χ0n) is 9.50. The van der Waals surface area contributed by atoms with Crippen LogP contribution in [0.3, 0.4) is 0 Å². The van der Waals surface area contributed by atoms with Gasteiger partial charge in [-0.05, 0) is 24.1 Å². The number of carbonyl (C=O) groups excluding carboxylic acids is 1. The second-order valence-electron chi connectivity index (χ2n) is 3.75. The van der Waals surface area contributed by atoms with E-state index in [-0.39, 0.29) is 0 Å². The van der Waals surface area contributed by atoms with Gasteiger partial charge in [0.25, 0.3) is 0 Å². The van der Waals surface area contributed by atoms with Crippen LogP contribution in [0.25, 0.3) is 0 Å². The van der Waals surface area contributed by atoms with Crippen LogP contribution in [0.1, 0.15) is 20.3 Å². The maximum atomic E-state index is 11.4. The Balaban J connectivity index is 2.40. The van der Waals surface area contributed by atoms with Crippen molar-refractivity contribution in [3.8, 4) is 0 Å². The summed E-state index contributed by atoms with van der Waals surface area (Å²) in [7, 11) is 0. The number of carbonyl (C=O) groups is 1.